The first-order valence-electron chi connectivity index (χ1n) is 8.77. The number of nitrogens with one attached hydrogen (secondary N) is 2. The van der Waals surface area contributed by atoms with Crippen LogP contribution < -0.4 is 10.9 Å². The molecule has 0 aromatic rings. The molecule has 1 saturated heterocycles. The molecule has 4 atom stereocenters. The number of methoxy groups -OCH3 is 1. The molecule has 0 amide bonds. The van der Waals surface area contributed by atoms with Crippen molar-refractivity contribution in [3.63, 3.8) is 0 Å². The number of ether oxygens (including phenoxy) is 1. The number of allylic oxidation sites excluding steroid dienone is 1. The van der Waals surface area contributed by atoms with E-state index in [1.54, 1.807) is 11.8 Å². The van der Waals surface area contributed by atoms with Gasteiger partial charge in [0.05, 0.1) is 5.38 Å². The van der Waals surface area contributed by atoms with E-state index in [4.69, 9.17) is 16.3 Å². The van der Waals surface area contributed by atoms with Crippen molar-refractivity contribution in [1.29, 1.82) is 0 Å². The third-order valence-corrected chi connectivity index (χ3v) is 5.64. The van der Waals surface area contributed by atoms with Crippen LogP contribution in [-0.4, -0.2) is 89.5 Å². The second-order valence-electron chi connectivity index (χ2n) is 6.41. The minimum Gasteiger partial charge on any atom is -0.364 e. The van der Waals surface area contributed by atoms with E-state index in [9.17, 15) is 10.2 Å². The van der Waals surface area contributed by atoms with Crippen LogP contribution in [0.3, 0.4) is 0 Å². The number of hydrazine groups is 1. The lowest BCUT2D eigenvalue weighted by Crippen LogP contribution is -2.58. The van der Waals surface area contributed by atoms with Gasteiger partial charge >= 0.3 is 0 Å². The van der Waals surface area contributed by atoms with E-state index in [1.807, 2.05) is 4.90 Å². The van der Waals surface area contributed by atoms with Gasteiger partial charge in [-0.05, 0) is 31.1 Å². The molecule has 4 N–H and O–H groups in total. The first-order chi connectivity index (χ1) is 12.1. The Labute approximate surface area is 159 Å². The number of aliphatic hydroxyl groups is 2. The van der Waals surface area contributed by atoms with Gasteiger partial charge in [0.25, 0.3) is 0 Å². The van der Waals surface area contributed by atoms with Crippen LogP contribution in [0.15, 0.2) is 11.6 Å². The highest BCUT2D eigenvalue weighted by molar-refractivity contribution is 7.98. The van der Waals surface area contributed by atoms with Gasteiger partial charge in [-0.15, -0.1) is 11.6 Å². The van der Waals surface area contributed by atoms with Gasteiger partial charge in [-0.2, -0.15) is 11.8 Å². The quantitative estimate of drug-likeness (QED) is 0.154. The fourth-order valence-corrected chi connectivity index (χ4v) is 4.02. The summed E-state index contributed by atoms with van der Waals surface area (Å²) < 4.78 is 5.08. The van der Waals surface area contributed by atoms with E-state index in [-0.39, 0.29) is 11.4 Å². The molecule has 0 bridgehead atoms. The van der Waals surface area contributed by atoms with Gasteiger partial charge in [0.2, 0.25) is 6.41 Å². The molecule has 25 heavy (non-hydrogen) atoms. The Hall–Kier alpha value is 0.1000. The Bertz CT molecular complexity index is 432. The van der Waals surface area contributed by atoms with Gasteiger partial charge in [-0.25, -0.2) is 5.43 Å². The Morgan fingerprint density at radius 2 is 2.20 bits per heavy atom. The number of aliphatic hydroxyl groups excluding tert-OH is 2. The number of hydrogen-bond acceptors (Lipinski definition) is 8. The summed E-state index contributed by atoms with van der Waals surface area (Å²) >= 11 is 8.09. The van der Waals surface area contributed by atoms with Gasteiger partial charge in [0.1, 0.15) is 0 Å². The van der Waals surface area contributed by atoms with Crippen LogP contribution in [0.4, 0.5) is 0 Å². The fourth-order valence-electron chi connectivity index (χ4n) is 3.42. The van der Waals surface area contributed by atoms with Gasteiger partial charge in [-0.1, -0.05) is 6.08 Å². The zero-order valence-electron chi connectivity index (χ0n) is 15.0. The number of hydrogen-bond donors (Lipinski definition) is 4. The largest absolute Gasteiger partial charge is 0.364 e. The third kappa shape index (κ3) is 6.34. The van der Waals surface area contributed by atoms with Crippen molar-refractivity contribution in [2.75, 3.05) is 45.3 Å². The van der Waals surface area contributed by atoms with E-state index in [1.165, 1.54) is 7.11 Å². The molecule has 0 saturated carbocycles. The van der Waals surface area contributed by atoms with Gasteiger partial charge in [0.15, 0.2) is 6.35 Å². The Morgan fingerprint density at radius 1 is 1.40 bits per heavy atom. The molecule has 0 spiro atoms. The molecular weight excluding hydrogens is 364 g/mol. The molecule has 2 aliphatic rings. The van der Waals surface area contributed by atoms with Crippen molar-refractivity contribution in [1.82, 2.24) is 20.7 Å². The van der Waals surface area contributed by atoms with Crippen molar-refractivity contribution in [2.24, 2.45) is 0 Å². The average molecular weight is 395 g/mol. The van der Waals surface area contributed by atoms with Crippen LogP contribution in [0.5, 0.6) is 0 Å². The maximum absolute atomic E-state index is 10.6. The standard InChI is InChI=1S/C16H31ClN4O3S/c1-24-16(23)20-7-3-8-21(15(22)19-18-6-9-25-2)14-5-4-13(17)10-12(14)11-20/h10,13-16,18-19,22-23H,3-9,11H2,1-2H3. The zero-order valence-corrected chi connectivity index (χ0v) is 16.6. The van der Waals surface area contributed by atoms with Crippen molar-refractivity contribution in [3.8, 4) is 0 Å². The predicted octanol–water partition coefficient (Wildman–Crippen LogP) is 0.346. The lowest BCUT2D eigenvalue weighted by molar-refractivity contribution is -0.177. The van der Waals surface area contributed by atoms with Crippen LogP contribution in [0.25, 0.3) is 0 Å². The number of alkyl halides is 1. The number of nitrogens with zero attached hydrogens (tertiary/aromatic N) is 2. The summed E-state index contributed by atoms with van der Waals surface area (Å²) in [5.74, 6) is 0.978. The Balaban J connectivity index is 2.06. The summed E-state index contributed by atoms with van der Waals surface area (Å²) in [5.41, 5.74) is 7.21. The highest BCUT2D eigenvalue weighted by Crippen LogP contribution is 2.29. The fraction of sp³-hybridized carbons (Fsp3) is 0.875. The highest BCUT2D eigenvalue weighted by atomic mass is 35.5. The molecule has 1 aliphatic heterocycles. The van der Waals surface area contributed by atoms with E-state index < -0.39 is 12.8 Å². The summed E-state index contributed by atoms with van der Waals surface area (Å²) in [6.45, 7) is 2.79. The lowest BCUT2D eigenvalue weighted by atomic mass is 9.91. The predicted molar refractivity (Wildman–Crippen MR) is 102 cm³/mol. The van der Waals surface area contributed by atoms with Crippen molar-refractivity contribution in [2.45, 2.75) is 43.4 Å². The van der Waals surface area contributed by atoms with Crippen molar-refractivity contribution in [3.05, 3.63) is 11.6 Å². The van der Waals surface area contributed by atoms with Gasteiger partial charge in [0, 0.05) is 45.1 Å². The third-order valence-electron chi connectivity index (χ3n) is 4.69. The molecule has 1 fully saturated rings. The summed E-state index contributed by atoms with van der Waals surface area (Å²) in [5, 5.41) is 20.7. The maximum atomic E-state index is 10.6. The molecule has 7 nitrogen and oxygen atoms in total. The van der Waals surface area contributed by atoms with Gasteiger partial charge < -0.3 is 14.9 Å². The smallest absolute Gasteiger partial charge is 0.216 e. The highest BCUT2D eigenvalue weighted by Gasteiger charge is 2.34. The first-order valence-corrected chi connectivity index (χ1v) is 10.6. The molecule has 1 aliphatic carbocycles. The Morgan fingerprint density at radius 3 is 2.92 bits per heavy atom. The number of thioether (sulfide) groups is 1. The average Bonchev–Trinajstić information content (AvgIpc) is 2.59. The first kappa shape index (κ1) is 21.4. The lowest BCUT2D eigenvalue weighted by Gasteiger charge is -2.43. The molecule has 146 valence electrons. The minimum atomic E-state index is -0.917. The zero-order chi connectivity index (χ0) is 18.2. The molecule has 9 heteroatoms. The molecule has 0 radical (unpaired) electrons. The number of fused-ring (bicyclic) bond motifs is 1. The monoisotopic (exact) mass is 394 g/mol. The van der Waals surface area contributed by atoms with Crippen LogP contribution in [0.1, 0.15) is 19.3 Å². The molecule has 0 aromatic carbocycles. The topological polar surface area (TPSA) is 80.2 Å². The molecule has 4 unspecified atom stereocenters. The molecule has 2 rings (SSSR count). The SMILES string of the molecule is COC(O)N1CCCN(C(O)NNCCSC)C2CCC(Cl)C=C2C1. The minimum absolute atomic E-state index is 0.00105. The second-order valence-corrected chi connectivity index (χ2v) is 7.96. The summed E-state index contributed by atoms with van der Waals surface area (Å²) in [6, 6.07) is 0.103. The molecule has 1 heterocycles. The van der Waals surface area contributed by atoms with E-state index in [2.05, 4.69) is 28.1 Å². The van der Waals surface area contributed by atoms with Crippen molar-refractivity contribution >= 4 is 23.4 Å². The van der Waals surface area contributed by atoms with Crippen LogP contribution in [-0.2, 0) is 4.74 Å². The second kappa shape index (κ2) is 11.1. The van der Waals surface area contributed by atoms with Crippen LogP contribution in [0, 0.1) is 0 Å². The van der Waals surface area contributed by atoms with Crippen LogP contribution >= 0.6 is 23.4 Å². The number of rotatable bonds is 8. The number of halogens is 1. The maximum Gasteiger partial charge on any atom is 0.216 e. The normalized spacial score (nSPS) is 28.6. The van der Waals surface area contributed by atoms with Gasteiger partial charge in [-0.3, -0.25) is 15.2 Å². The molecule has 0 aromatic heterocycles. The molecular formula is C16H31ClN4O3S. The summed E-state index contributed by atoms with van der Waals surface area (Å²) in [6.07, 6.45) is 5.04. The van der Waals surface area contributed by atoms with Crippen molar-refractivity contribution < 1.29 is 14.9 Å². The van der Waals surface area contributed by atoms with E-state index >= 15 is 0 Å². The van der Waals surface area contributed by atoms with Crippen LogP contribution in [0.2, 0.25) is 0 Å². The van der Waals surface area contributed by atoms with E-state index in [0.717, 1.165) is 43.7 Å². The van der Waals surface area contributed by atoms with E-state index in [0.29, 0.717) is 13.1 Å². The Kier molecular flexibility index (Phi) is 9.47. The summed E-state index contributed by atoms with van der Waals surface area (Å²) in [7, 11) is 1.50. The summed E-state index contributed by atoms with van der Waals surface area (Å²) in [4.78, 5) is 3.98.